The SMILES string of the molecule is C[C@@H]1CN([C@H](C)CO)S(=O)(=O)c2ccc(-c3ccc(F)cc3)cc2O[C@H]1CN(C)C(=O)Nc1ccccc1F. The first-order chi connectivity index (χ1) is 18.5. The highest BCUT2D eigenvalue weighted by Gasteiger charge is 2.38. The summed E-state index contributed by atoms with van der Waals surface area (Å²) < 4.78 is 62.4. The number of nitrogens with zero attached hydrogens (tertiary/aromatic N) is 2. The number of carbonyl (C=O) groups is 1. The summed E-state index contributed by atoms with van der Waals surface area (Å²) in [7, 11) is -2.52. The number of fused-ring (bicyclic) bond motifs is 1. The number of para-hydroxylation sites is 1. The molecule has 0 fully saturated rings. The van der Waals surface area contributed by atoms with Gasteiger partial charge in [0, 0.05) is 25.6 Å². The monoisotopic (exact) mass is 559 g/mol. The number of halogens is 2. The number of anilines is 1. The normalized spacial score (nSPS) is 19.6. The number of urea groups is 1. The zero-order valence-electron chi connectivity index (χ0n) is 21.8. The maximum atomic E-state index is 14.1. The number of amides is 2. The Balaban J connectivity index is 1.69. The van der Waals surface area contributed by atoms with E-state index in [0.717, 1.165) is 0 Å². The van der Waals surface area contributed by atoms with Crippen molar-refractivity contribution in [3.8, 4) is 16.9 Å². The van der Waals surface area contributed by atoms with Crippen molar-refractivity contribution in [1.29, 1.82) is 0 Å². The molecule has 0 aliphatic carbocycles. The van der Waals surface area contributed by atoms with E-state index in [-0.39, 0.29) is 36.0 Å². The van der Waals surface area contributed by atoms with Gasteiger partial charge in [-0.1, -0.05) is 37.3 Å². The van der Waals surface area contributed by atoms with Gasteiger partial charge in [-0.25, -0.2) is 22.0 Å². The Bertz CT molecular complexity index is 1440. The second-order valence-electron chi connectivity index (χ2n) is 9.70. The maximum Gasteiger partial charge on any atom is 0.321 e. The quantitative estimate of drug-likeness (QED) is 0.461. The number of hydrogen-bond acceptors (Lipinski definition) is 5. The van der Waals surface area contributed by atoms with Gasteiger partial charge in [-0.3, -0.25) is 0 Å². The number of carbonyl (C=O) groups excluding carboxylic acids is 1. The lowest BCUT2D eigenvalue weighted by atomic mass is 10.0. The van der Waals surface area contributed by atoms with Gasteiger partial charge in [0.2, 0.25) is 10.0 Å². The fourth-order valence-electron chi connectivity index (χ4n) is 4.39. The summed E-state index contributed by atoms with van der Waals surface area (Å²) in [5.41, 5.74) is 1.31. The van der Waals surface area contributed by atoms with E-state index in [0.29, 0.717) is 11.1 Å². The van der Waals surface area contributed by atoms with E-state index in [9.17, 15) is 27.1 Å². The van der Waals surface area contributed by atoms with Crippen molar-refractivity contribution in [2.75, 3.05) is 32.1 Å². The first-order valence-corrected chi connectivity index (χ1v) is 13.9. The molecule has 0 saturated carbocycles. The van der Waals surface area contributed by atoms with Crippen LogP contribution in [0, 0.1) is 17.6 Å². The van der Waals surface area contributed by atoms with Crippen molar-refractivity contribution < 1.29 is 31.8 Å². The van der Waals surface area contributed by atoms with Crippen LogP contribution in [-0.4, -0.2) is 67.7 Å². The highest BCUT2D eigenvalue weighted by atomic mass is 32.2. The second kappa shape index (κ2) is 11.7. The van der Waals surface area contributed by atoms with Crippen LogP contribution < -0.4 is 10.1 Å². The molecule has 0 radical (unpaired) electrons. The first-order valence-electron chi connectivity index (χ1n) is 12.5. The van der Waals surface area contributed by atoms with Crippen molar-refractivity contribution in [1.82, 2.24) is 9.21 Å². The molecule has 1 aliphatic rings. The molecule has 2 N–H and O–H groups in total. The van der Waals surface area contributed by atoms with Crippen molar-refractivity contribution >= 4 is 21.7 Å². The average molecular weight is 560 g/mol. The molecule has 208 valence electrons. The van der Waals surface area contributed by atoms with Crippen LogP contribution >= 0.6 is 0 Å². The van der Waals surface area contributed by atoms with Gasteiger partial charge in [-0.15, -0.1) is 0 Å². The molecular weight excluding hydrogens is 528 g/mol. The van der Waals surface area contributed by atoms with E-state index in [2.05, 4.69) is 5.32 Å². The number of likely N-dealkylation sites (N-methyl/N-ethyl adjacent to an activating group) is 1. The minimum atomic E-state index is -4.05. The van der Waals surface area contributed by atoms with Gasteiger partial charge in [0.1, 0.15) is 28.4 Å². The van der Waals surface area contributed by atoms with Crippen molar-refractivity contribution in [2.24, 2.45) is 5.92 Å². The Morgan fingerprint density at radius 1 is 1.13 bits per heavy atom. The molecule has 0 unspecified atom stereocenters. The molecule has 4 rings (SSSR count). The van der Waals surface area contributed by atoms with E-state index in [4.69, 9.17) is 4.74 Å². The number of sulfonamides is 1. The summed E-state index contributed by atoms with van der Waals surface area (Å²) in [6, 6.07) is 14.9. The Labute approximate surface area is 226 Å². The Kier molecular flexibility index (Phi) is 8.53. The Morgan fingerprint density at radius 2 is 1.79 bits per heavy atom. The number of hydrogen-bond donors (Lipinski definition) is 2. The first kappa shape index (κ1) is 28.5. The van der Waals surface area contributed by atoms with Crippen LogP contribution in [0.15, 0.2) is 71.6 Å². The predicted octanol–water partition coefficient (Wildman–Crippen LogP) is 4.56. The summed E-state index contributed by atoms with van der Waals surface area (Å²) in [5, 5.41) is 12.4. The summed E-state index contributed by atoms with van der Waals surface area (Å²) in [6.45, 7) is 3.13. The van der Waals surface area contributed by atoms with Gasteiger partial charge in [-0.05, 0) is 54.4 Å². The van der Waals surface area contributed by atoms with Gasteiger partial charge < -0.3 is 20.1 Å². The number of ether oxygens (including phenoxy) is 1. The molecule has 2 amide bonds. The number of rotatable bonds is 6. The zero-order chi connectivity index (χ0) is 28.3. The number of aliphatic hydroxyl groups is 1. The lowest BCUT2D eigenvalue weighted by Crippen LogP contribution is -2.50. The number of benzene rings is 3. The van der Waals surface area contributed by atoms with Crippen LogP contribution in [0.1, 0.15) is 13.8 Å². The van der Waals surface area contributed by atoms with Crippen LogP contribution in [0.5, 0.6) is 5.75 Å². The minimum absolute atomic E-state index is 0.0318. The topological polar surface area (TPSA) is 99.2 Å². The van der Waals surface area contributed by atoms with Crippen LogP contribution in [0.2, 0.25) is 0 Å². The van der Waals surface area contributed by atoms with Crippen LogP contribution in [0.25, 0.3) is 11.1 Å². The minimum Gasteiger partial charge on any atom is -0.487 e. The molecule has 11 heteroatoms. The van der Waals surface area contributed by atoms with Crippen molar-refractivity contribution in [2.45, 2.75) is 30.9 Å². The van der Waals surface area contributed by atoms with E-state index < -0.39 is 45.8 Å². The molecule has 3 atom stereocenters. The standard InChI is InChI=1S/C28H31F2N3O5S/c1-18-15-33(19(2)17-34)39(36,37)27-13-10-21(20-8-11-22(29)12-9-20)14-25(27)38-26(18)16-32(3)28(35)31-24-7-5-4-6-23(24)30/h4-14,18-19,26,34H,15-17H2,1-3H3,(H,31,35)/t18-,19-,26+/m1/s1. The van der Waals surface area contributed by atoms with E-state index in [1.807, 2.05) is 0 Å². The third-order valence-electron chi connectivity index (χ3n) is 6.76. The molecule has 3 aromatic carbocycles. The molecule has 3 aromatic rings. The molecule has 0 saturated heterocycles. The van der Waals surface area contributed by atoms with Gasteiger partial charge >= 0.3 is 6.03 Å². The lowest BCUT2D eigenvalue weighted by Gasteiger charge is -2.37. The van der Waals surface area contributed by atoms with Crippen LogP contribution in [-0.2, 0) is 10.0 Å². The number of nitrogens with one attached hydrogen (secondary N) is 1. The van der Waals surface area contributed by atoms with Crippen molar-refractivity contribution in [3.63, 3.8) is 0 Å². The molecule has 8 nitrogen and oxygen atoms in total. The molecule has 1 aliphatic heterocycles. The molecular formula is C28H31F2N3O5S. The molecule has 0 aromatic heterocycles. The summed E-state index contributed by atoms with van der Waals surface area (Å²) in [4.78, 5) is 14.1. The lowest BCUT2D eigenvalue weighted by molar-refractivity contribution is 0.0830. The van der Waals surface area contributed by atoms with Gasteiger partial charge in [0.05, 0.1) is 18.8 Å². The van der Waals surface area contributed by atoms with Gasteiger partial charge in [0.15, 0.2) is 0 Å². The number of aliphatic hydroxyl groups excluding tert-OH is 1. The highest BCUT2D eigenvalue weighted by Crippen LogP contribution is 2.36. The van der Waals surface area contributed by atoms with Crippen molar-refractivity contribution in [3.05, 3.63) is 78.4 Å². The van der Waals surface area contributed by atoms with E-state index in [1.54, 1.807) is 44.2 Å². The fourth-order valence-corrected chi connectivity index (χ4v) is 6.22. The third-order valence-corrected chi connectivity index (χ3v) is 8.78. The maximum absolute atomic E-state index is 14.1. The third kappa shape index (κ3) is 6.21. The van der Waals surface area contributed by atoms with E-state index in [1.165, 1.54) is 52.7 Å². The smallest absolute Gasteiger partial charge is 0.321 e. The fraction of sp³-hybridized carbons (Fsp3) is 0.321. The van der Waals surface area contributed by atoms with Crippen LogP contribution in [0.4, 0.5) is 19.3 Å². The molecule has 1 heterocycles. The average Bonchev–Trinajstić information content (AvgIpc) is 2.91. The summed E-state index contributed by atoms with van der Waals surface area (Å²) >= 11 is 0. The highest BCUT2D eigenvalue weighted by molar-refractivity contribution is 7.89. The zero-order valence-corrected chi connectivity index (χ0v) is 22.7. The van der Waals surface area contributed by atoms with E-state index >= 15 is 0 Å². The second-order valence-corrected chi connectivity index (χ2v) is 11.6. The van der Waals surface area contributed by atoms with Gasteiger partial charge in [-0.2, -0.15) is 4.31 Å². The molecule has 39 heavy (non-hydrogen) atoms. The summed E-state index contributed by atoms with van der Waals surface area (Å²) in [6.07, 6.45) is -0.660. The summed E-state index contributed by atoms with van der Waals surface area (Å²) in [5.74, 6) is -1.30. The van der Waals surface area contributed by atoms with Gasteiger partial charge in [0.25, 0.3) is 0 Å². The predicted molar refractivity (Wildman–Crippen MR) is 144 cm³/mol. The van der Waals surface area contributed by atoms with Crippen LogP contribution in [0.3, 0.4) is 0 Å². The molecule has 0 bridgehead atoms. The Morgan fingerprint density at radius 3 is 2.46 bits per heavy atom. The largest absolute Gasteiger partial charge is 0.487 e. The Hall–Kier alpha value is -3.54. The molecule has 0 spiro atoms.